The predicted octanol–water partition coefficient (Wildman–Crippen LogP) is 2.53. The van der Waals surface area contributed by atoms with E-state index in [0.29, 0.717) is 22.9 Å². The zero-order valence-corrected chi connectivity index (χ0v) is 12.8. The Morgan fingerprint density at radius 3 is 2.58 bits per heavy atom. The van der Waals surface area contributed by atoms with E-state index >= 15 is 0 Å². The summed E-state index contributed by atoms with van der Waals surface area (Å²) in [4.78, 5) is 12.0. The molecule has 1 N–H and O–H groups in total. The molecule has 0 unspecified atom stereocenters. The summed E-state index contributed by atoms with van der Waals surface area (Å²) in [6.45, 7) is 1.70. The van der Waals surface area contributed by atoms with E-state index in [1.54, 1.807) is 19.1 Å². The normalized spacial score (nSPS) is 15.7. The summed E-state index contributed by atoms with van der Waals surface area (Å²) >= 11 is 3.23. The second-order valence-corrected chi connectivity index (χ2v) is 7.09. The number of nitrogens with one attached hydrogen (secondary N) is 1. The summed E-state index contributed by atoms with van der Waals surface area (Å²) in [6.07, 6.45) is 4.97. The van der Waals surface area contributed by atoms with E-state index in [2.05, 4.69) is 20.7 Å². The van der Waals surface area contributed by atoms with Gasteiger partial charge in [0.25, 0.3) is 10.0 Å². The van der Waals surface area contributed by atoms with Crippen LogP contribution in [-0.2, 0) is 14.8 Å². The van der Waals surface area contributed by atoms with Crippen molar-refractivity contribution in [3.63, 3.8) is 0 Å². The number of allylic oxidation sites excluding steroid dienone is 2. The maximum atomic E-state index is 12.2. The summed E-state index contributed by atoms with van der Waals surface area (Å²) in [5.74, 6) is -0.716. The second kappa shape index (κ2) is 5.46. The lowest BCUT2D eigenvalue weighted by Gasteiger charge is -2.12. The van der Waals surface area contributed by atoms with Crippen LogP contribution in [0.25, 0.3) is 0 Å². The molecule has 1 aromatic rings. The fraction of sp³-hybridized carbons (Fsp3) is 0.308. The van der Waals surface area contributed by atoms with E-state index < -0.39 is 15.9 Å². The van der Waals surface area contributed by atoms with E-state index in [0.717, 1.165) is 0 Å². The molecule has 0 atom stereocenters. The monoisotopic (exact) mass is 343 g/mol. The van der Waals surface area contributed by atoms with Crippen molar-refractivity contribution in [2.75, 3.05) is 0 Å². The minimum absolute atomic E-state index is 0.126. The van der Waals surface area contributed by atoms with E-state index in [9.17, 15) is 13.2 Å². The third-order valence-electron chi connectivity index (χ3n) is 3.05. The van der Waals surface area contributed by atoms with Crippen LogP contribution in [0, 0.1) is 12.8 Å². The molecule has 0 aromatic heterocycles. The second-order valence-electron chi connectivity index (χ2n) is 4.52. The molecule has 0 heterocycles. The zero-order valence-electron chi connectivity index (χ0n) is 10.4. The number of sulfonamides is 1. The number of hydrogen-bond acceptors (Lipinski definition) is 3. The van der Waals surface area contributed by atoms with E-state index in [-0.39, 0.29) is 10.8 Å². The van der Waals surface area contributed by atoms with Crippen LogP contribution >= 0.6 is 15.9 Å². The summed E-state index contributed by atoms with van der Waals surface area (Å²) in [5, 5.41) is 0. The van der Waals surface area contributed by atoms with Crippen LogP contribution < -0.4 is 4.72 Å². The number of amides is 1. The number of hydrogen-bond donors (Lipinski definition) is 1. The molecule has 6 heteroatoms. The van der Waals surface area contributed by atoms with Gasteiger partial charge < -0.3 is 0 Å². The van der Waals surface area contributed by atoms with Crippen molar-refractivity contribution in [3.05, 3.63) is 40.4 Å². The minimum atomic E-state index is -3.81. The van der Waals surface area contributed by atoms with Crippen LogP contribution in [0.1, 0.15) is 18.4 Å². The van der Waals surface area contributed by atoms with Gasteiger partial charge >= 0.3 is 0 Å². The smallest absolute Gasteiger partial charge is 0.264 e. The van der Waals surface area contributed by atoms with Crippen LogP contribution in [0.3, 0.4) is 0 Å². The van der Waals surface area contributed by atoms with Crippen LogP contribution in [0.5, 0.6) is 0 Å². The first-order chi connectivity index (χ1) is 8.90. The Bertz CT molecular complexity index is 629. The quantitative estimate of drug-likeness (QED) is 0.857. The zero-order chi connectivity index (χ0) is 14.0. The highest BCUT2D eigenvalue weighted by Crippen LogP contribution is 2.22. The lowest BCUT2D eigenvalue weighted by molar-refractivity contribution is -0.122. The Balaban J connectivity index is 2.22. The molecule has 0 saturated carbocycles. The van der Waals surface area contributed by atoms with Gasteiger partial charge in [-0.15, -0.1) is 0 Å². The molecule has 102 valence electrons. The molecule has 0 saturated heterocycles. The van der Waals surface area contributed by atoms with Crippen molar-refractivity contribution in [2.45, 2.75) is 24.7 Å². The highest BCUT2D eigenvalue weighted by Gasteiger charge is 2.26. The van der Waals surface area contributed by atoms with E-state index in [4.69, 9.17) is 0 Å². The molecular formula is C13H14BrNO3S. The number of carbonyl (C=O) groups is 1. The molecule has 0 aliphatic heterocycles. The van der Waals surface area contributed by atoms with Crippen LogP contribution in [-0.4, -0.2) is 14.3 Å². The molecule has 4 nitrogen and oxygen atoms in total. The van der Waals surface area contributed by atoms with E-state index in [1.807, 2.05) is 12.2 Å². The van der Waals surface area contributed by atoms with Gasteiger partial charge in [-0.1, -0.05) is 34.1 Å². The molecular weight excluding hydrogens is 330 g/mol. The van der Waals surface area contributed by atoms with Crippen molar-refractivity contribution in [2.24, 2.45) is 5.92 Å². The molecule has 1 aliphatic rings. The number of rotatable bonds is 3. The summed E-state index contributed by atoms with van der Waals surface area (Å²) in [5.41, 5.74) is 0.605. The molecule has 19 heavy (non-hydrogen) atoms. The van der Waals surface area contributed by atoms with Crippen LogP contribution in [0.15, 0.2) is 39.7 Å². The third kappa shape index (κ3) is 3.25. The van der Waals surface area contributed by atoms with Crippen molar-refractivity contribution in [1.29, 1.82) is 0 Å². The molecule has 0 bridgehead atoms. The average molecular weight is 344 g/mol. The van der Waals surface area contributed by atoms with Gasteiger partial charge in [-0.05, 0) is 37.5 Å². The minimum Gasteiger partial charge on any atom is -0.274 e. The van der Waals surface area contributed by atoms with Gasteiger partial charge in [0.15, 0.2) is 0 Å². The average Bonchev–Trinajstić information content (AvgIpc) is 2.85. The van der Waals surface area contributed by atoms with Gasteiger partial charge in [0.1, 0.15) is 0 Å². The van der Waals surface area contributed by atoms with Gasteiger partial charge in [0.05, 0.1) is 4.90 Å². The van der Waals surface area contributed by atoms with Crippen LogP contribution in [0.4, 0.5) is 0 Å². The summed E-state index contributed by atoms with van der Waals surface area (Å²) < 4.78 is 27.2. The molecule has 2 rings (SSSR count). The predicted molar refractivity (Wildman–Crippen MR) is 76.1 cm³/mol. The SMILES string of the molecule is Cc1ccc(Br)cc1S(=O)(=O)NC(=O)C1CC=CC1. The fourth-order valence-electron chi connectivity index (χ4n) is 1.97. The maximum absolute atomic E-state index is 12.2. The Morgan fingerprint density at radius 1 is 1.32 bits per heavy atom. The number of aryl methyl sites for hydroxylation is 1. The summed E-state index contributed by atoms with van der Waals surface area (Å²) in [7, 11) is -3.81. The highest BCUT2D eigenvalue weighted by molar-refractivity contribution is 9.10. The third-order valence-corrected chi connectivity index (χ3v) is 5.04. The molecule has 0 fully saturated rings. The molecule has 1 aromatic carbocycles. The van der Waals surface area contributed by atoms with Gasteiger partial charge in [-0.25, -0.2) is 13.1 Å². The Hall–Kier alpha value is -1.14. The first kappa shape index (κ1) is 14.3. The Labute approximate surface area is 121 Å². The topological polar surface area (TPSA) is 63.2 Å². The number of benzene rings is 1. The Morgan fingerprint density at radius 2 is 1.95 bits per heavy atom. The summed E-state index contributed by atoms with van der Waals surface area (Å²) in [6, 6.07) is 4.95. The van der Waals surface area contributed by atoms with E-state index in [1.165, 1.54) is 6.07 Å². The van der Waals surface area contributed by atoms with Gasteiger partial charge in [-0.3, -0.25) is 4.79 Å². The van der Waals surface area contributed by atoms with Crippen molar-refractivity contribution < 1.29 is 13.2 Å². The Kier molecular flexibility index (Phi) is 4.10. The number of carbonyl (C=O) groups excluding carboxylic acids is 1. The standard InChI is InChI=1S/C13H14BrNO3S/c1-9-6-7-11(14)8-12(9)19(17,18)15-13(16)10-4-2-3-5-10/h2-3,6-8,10H,4-5H2,1H3,(H,15,16). The lowest BCUT2D eigenvalue weighted by atomic mass is 10.1. The molecule has 0 radical (unpaired) electrons. The molecule has 0 spiro atoms. The lowest BCUT2D eigenvalue weighted by Crippen LogP contribution is -2.35. The highest BCUT2D eigenvalue weighted by atomic mass is 79.9. The van der Waals surface area contributed by atoms with Gasteiger partial charge in [0.2, 0.25) is 5.91 Å². The van der Waals surface area contributed by atoms with Crippen molar-refractivity contribution >= 4 is 31.9 Å². The van der Waals surface area contributed by atoms with Crippen LogP contribution in [0.2, 0.25) is 0 Å². The first-order valence-corrected chi connectivity index (χ1v) is 8.15. The molecule has 1 aliphatic carbocycles. The van der Waals surface area contributed by atoms with Gasteiger partial charge in [-0.2, -0.15) is 0 Å². The first-order valence-electron chi connectivity index (χ1n) is 5.88. The number of halogens is 1. The molecule has 1 amide bonds. The fourth-order valence-corrected chi connectivity index (χ4v) is 3.79. The largest absolute Gasteiger partial charge is 0.274 e. The van der Waals surface area contributed by atoms with Crippen molar-refractivity contribution in [1.82, 2.24) is 4.72 Å². The van der Waals surface area contributed by atoms with Gasteiger partial charge in [0, 0.05) is 10.4 Å². The maximum Gasteiger partial charge on any atom is 0.264 e. The van der Waals surface area contributed by atoms with Crippen molar-refractivity contribution in [3.8, 4) is 0 Å².